The Morgan fingerprint density at radius 3 is 2.17 bits per heavy atom. The largest absolute Gasteiger partial charge is 1.00 e. The number of benzene rings is 4. The Hall–Kier alpha value is -4.37. The molecule has 1 aliphatic rings. The molecule has 0 radical (unpaired) electrons. The molecule has 48 heavy (non-hydrogen) atoms. The van der Waals surface area contributed by atoms with E-state index in [4.69, 9.17) is 4.74 Å². The molecule has 4 aromatic carbocycles. The maximum absolute atomic E-state index is 14.0. The molecule has 0 N–H and O–H groups in total. The minimum atomic E-state index is -0.742. The molecule has 0 bridgehead atoms. The summed E-state index contributed by atoms with van der Waals surface area (Å²) in [4.78, 5) is 2.13. The summed E-state index contributed by atoms with van der Waals surface area (Å²) in [5.41, 5.74) is 7.37. The van der Waals surface area contributed by atoms with Gasteiger partial charge in [0.2, 0.25) is 0 Å². The van der Waals surface area contributed by atoms with Crippen LogP contribution in [0.3, 0.4) is 0 Å². The maximum Gasteiger partial charge on any atom is 0.123 e. The van der Waals surface area contributed by atoms with Crippen LogP contribution in [-0.4, -0.2) is 50.7 Å². The highest BCUT2D eigenvalue weighted by molar-refractivity contribution is 5.81. The topological polar surface area (TPSA) is 60.1 Å². The molecule has 1 atom stereocenters. The van der Waals surface area contributed by atoms with Gasteiger partial charge in [0.1, 0.15) is 23.8 Å². The Morgan fingerprint density at radius 2 is 1.52 bits per heavy atom. The van der Waals surface area contributed by atoms with Crippen molar-refractivity contribution >= 4 is 5.57 Å². The number of halogens is 3. The number of nitrogens with zero attached hydrogens (tertiary/aromatic N) is 4. The third-order valence-corrected chi connectivity index (χ3v) is 8.95. The van der Waals surface area contributed by atoms with E-state index in [0.717, 1.165) is 64.9 Å². The highest BCUT2D eigenvalue weighted by atomic mass is 35.5. The van der Waals surface area contributed by atoms with E-state index in [1.165, 1.54) is 24.3 Å². The van der Waals surface area contributed by atoms with Crippen molar-refractivity contribution in [2.45, 2.75) is 38.0 Å². The van der Waals surface area contributed by atoms with Gasteiger partial charge in [0, 0.05) is 12.1 Å². The summed E-state index contributed by atoms with van der Waals surface area (Å²) in [6.07, 6.45) is 4.51. The van der Waals surface area contributed by atoms with Crippen molar-refractivity contribution in [3.8, 4) is 12.1 Å². The number of hydrogen-bond donors (Lipinski definition) is 0. The van der Waals surface area contributed by atoms with Crippen LogP contribution in [0.5, 0.6) is 0 Å². The van der Waals surface area contributed by atoms with E-state index in [1.807, 2.05) is 62.6 Å². The van der Waals surface area contributed by atoms with Gasteiger partial charge < -0.3 is 26.5 Å². The molecule has 0 fully saturated rings. The normalized spacial score (nSPS) is 15.8. The van der Waals surface area contributed by atoms with Crippen molar-refractivity contribution in [3.05, 3.63) is 147 Å². The first-order valence-corrected chi connectivity index (χ1v) is 15.9. The highest BCUT2D eigenvalue weighted by Gasteiger charge is 2.42. The lowest BCUT2D eigenvalue weighted by Gasteiger charge is -2.34. The molecule has 5 rings (SSSR count). The number of nitriles is 2. The number of quaternary nitrogens is 1. The summed E-state index contributed by atoms with van der Waals surface area (Å²) in [6, 6.07) is 29.2. The fourth-order valence-electron chi connectivity index (χ4n) is 6.60. The smallest absolute Gasteiger partial charge is 0.123 e. The van der Waals surface area contributed by atoms with E-state index in [2.05, 4.69) is 37.2 Å². The predicted molar refractivity (Wildman–Crippen MR) is 181 cm³/mol. The average Bonchev–Trinajstić information content (AvgIpc) is 3.42. The molecule has 0 spiro atoms. The zero-order valence-electron chi connectivity index (χ0n) is 27.9. The van der Waals surface area contributed by atoms with Crippen molar-refractivity contribution in [1.82, 2.24) is 4.90 Å². The molecular formula is C40H41ClF2N4O. The van der Waals surface area contributed by atoms with Crippen molar-refractivity contribution in [1.29, 1.82) is 10.5 Å². The van der Waals surface area contributed by atoms with Crippen LogP contribution in [-0.2, 0) is 23.5 Å². The third-order valence-electron chi connectivity index (χ3n) is 8.95. The van der Waals surface area contributed by atoms with E-state index in [0.29, 0.717) is 35.2 Å². The minimum Gasteiger partial charge on any atom is -1.00 e. The van der Waals surface area contributed by atoms with Crippen LogP contribution in [0.15, 0.2) is 91.0 Å². The molecule has 0 aliphatic carbocycles. The first-order chi connectivity index (χ1) is 22.5. The molecule has 1 heterocycles. The maximum atomic E-state index is 14.0. The summed E-state index contributed by atoms with van der Waals surface area (Å²) in [5, 5.41) is 19.3. The van der Waals surface area contributed by atoms with Gasteiger partial charge >= 0.3 is 0 Å². The molecule has 248 valence electrons. The summed E-state index contributed by atoms with van der Waals surface area (Å²) < 4.78 is 35.1. The molecule has 0 saturated carbocycles. The first-order valence-electron chi connectivity index (χ1n) is 15.9. The lowest BCUT2D eigenvalue weighted by atomic mass is 9.81. The van der Waals surface area contributed by atoms with Crippen molar-refractivity contribution in [2.75, 3.05) is 41.3 Å². The van der Waals surface area contributed by atoms with Crippen LogP contribution in [0.25, 0.3) is 5.57 Å². The van der Waals surface area contributed by atoms with Gasteiger partial charge in [-0.2, -0.15) is 10.5 Å². The molecule has 1 aliphatic heterocycles. The Bertz CT molecular complexity index is 1840. The number of ether oxygens (including phenoxy) is 1. The number of hydrogen-bond acceptors (Lipinski definition) is 4. The number of fused-ring (bicyclic) bond motifs is 1. The monoisotopic (exact) mass is 666 g/mol. The van der Waals surface area contributed by atoms with Gasteiger partial charge in [-0.3, -0.25) is 0 Å². The zero-order chi connectivity index (χ0) is 33.6. The Labute approximate surface area is 289 Å². The van der Waals surface area contributed by atoms with Crippen molar-refractivity contribution in [2.24, 2.45) is 0 Å². The second-order valence-electron chi connectivity index (χ2n) is 13.2. The van der Waals surface area contributed by atoms with Crippen LogP contribution < -0.4 is 12.4 Å². The van der Waals surface area contributed by atoms with E-state index < -0.39 is 5.60 Å². The lowest BCUT2D eigenvalue weighted by Crippen LogP contribution is -3.00. The van der Waals surface area contributed by atoms with Crippen LogP contribution in [0.2, 0.25) is 0 Å². The molecule has 8 heteroatoms. The van der Waals surface area contributed by atoms with E-state index in [-0.39, 0.29) is 24.0 Å². The van der Waals surface area contributed by atoms with Gasteiger partial charge in [0.25, 0.3) is 0 Å². The van der Waals surface area contributed by atoms with Gasteiger partial charge in [0.05, 0.1) is 50.5 Å². The molecule has 0 amide bonds. The van der Waals surface area contributed by atoms with E-state index in [1.54, 1.807) is 12.1 Å². The van der Waals surface area contributed by atoms with E-state index >= 15 is 0 Å². The van der Waals surface area contributed by atoms with Crippen LogP contribution in [0.4, 0.5) is 8.78 Å². The van der Waals surface area contributed by atoms with Crippen molar-refractivity contribution in [3.63, 3.8) is 0 Å². The quantitative estimate of drug-likeness (QED) is 0.202. The van der Waals surface area contributed by atoms with E-state index in [9.17, 15) is 19.3 Å². The molecule has 0 saturated heterocycles. The molecule has 1 unspecified atom stereocenters. The first kappa shape index (κ1) is 36.5. The Balaban J connectivity index is 0.00000520. The third kappa shape index (κ3) is 8.37. The van der Waals surface area contributed by atoms with Gasteiger partial charge in [-0.25, -0.2) is 8.78 Å². The second kappa shape index (κ2) is 15.7. The summed E-state index contributed by atoms with van der Waals surface area (Å²) in [5.74, 6) is -0.581. The van der Waals surface area contributed by atoms with Crippen LogP contribution in [0.1, 0.15) is 63.8 Å². The predicted octanol–water partition coefficient (Wildman–Crippen LogP) is 4.93. The van der Waals surface area contributed by atoms with Gasteiger partial charge in [-0.05, 0) is 115 Å². The van der Waals surface area contributed by atoms with Gasteiger partial charge in [0.15, 0.2) is 0 Å². The van der Waals surface area contributed by atoms with Crippen LogP contribution >= 0.6 is 0 Å². The lowest BCUT2D eigenvalue weighted by molar-refractivity contribution is -0.903. The highest BCUT2D eigenvalue weighted by Crippen LogP contribution is 2.46. The summed E-state index contributed by atoms with van der Waals surface area (Å²) in [7, 11) is 8.45. The summed E-state index contributed by atoms with van der Waals surface area (Å²) >= 11 is 0. The SMILES string of the molecule is CN(C)CCC=C(c1ccc(F)cc1)c1ccc(C#N)cc1C[N+](C)(C)CCCC1(c2ccc(F)cc2)OCc2cc(C#N)ccc21.[Cl-]. The fourth-order valence-corrected chi connectivity index (χ4v) is 6.60. The Kier molecular flexibility index (Phi) is 11.9. The average molecular weight is 667 g/mol. The van der Waals surface area contributed by atoms with Gasteiger partial charge in [-0.15, -0.1) is 0 Å². The standard InChI is InChI=1S/C40H41F2N4O.ClH/c1-45(2)21-5-7-37(31-10-14-35(41)15-11-31)38-18-8-29(25-43)23-32(38)27-46(3,4)22-6-20-40(34-12-16-36(42)17-13-34)39-19-9-30(26-44)24-33(39)28-47-40;/h7-19,23-24H,5-6,20-22,27-28H2,1-4H3;1H/q+1;/p-1. The molecule has 0 aromatic heterocycles. The second-order valence-corrected chi connectivity index (χ2v) is 13.2. The zero-order valence-corrected chi connectivity index (χ0v) is 28.7. The Morgan fingerprint density at radius 1 is 0.896 bits per heavy atom. The van der Waals surface area contributed by atoms with Gasteiger partial charge in [-0.1, -0.05) is 42.5 Å². The molecular weight excluding hydrogens is 626 g/mol. The number of rotatable bonds is 12. The summed E-state index contributed by atoms with van der Waals surface area (Å²) in [6.45, 7) is 2.74. The minimum absolute atomic E-state index is 0. The van der Waals surface area contributed by atoms with Crippen LogP contribution in [0, 0.1) is 34.3 Å². The molecule has 5 nitrogen and oxygen atoms in total. The van der Waals surface area contributed by atoms with Crippen molar-refractivity contribution < 1.29 is 30.4 Å². The fraction of sp³-hybridized carbons (Fsp3) is 0.300. The molecule has 4 aromatic rings.